The van der Waals surface area contributed by atoms with Crippen LogP contribution in [0.3, 0.4) is 0 Å². The summed E-state index contributed by atoms with van der Waals surface area (Å²) in [5.74, 6) is -3.33. The van der Waals surface area contributed by atoms with Gasteiger partial charge in [0.05, 0.1) is 74.8 Å². The van der Waals surface area contributed by atoms with E-state index in [4.69, 9.17) is 32.1 Å². The SMILES string of the molecule is CNCCSc1c(NC(=O)CCCCCC(=N)N)cc(C(F)(F)F)cc1NC(=O)c1cc(C(=O)Nc2cc(C(F)(F)F)cc(NC(=O)CCCCN=C(N)N)c2SCCNC)c(OC)cc1OC. The number of anilines is 4. The number of benzene rings is 3. The van der Waals surface area contributed by atoms with Crippen LogP contribution in [-0.2, 0) is 21.9 Å². The van der Waals surface area contributed by atoms with Gasteiger partial charge in [-0.3, -0.25) is 29.6 Å². The molecule has 0 radical (unpaired) electrons. The van der Waals surface area contributed by atoms with Crippen LogP contribution in [0.25, 0.3) is 0 Å². The number of nitrogens with two attached hydrogens (primary N) is 3. The van der Waals surface area contributed by atoms with E-state index in [9.17, 15) is 45.5 Å². The number of methoxy groups -OCH3 is 2. The molecule has 25 heteroatoms. The molecule has 0 aliphatic heterocycles. The van der Waals surface area contributed by atoms with E-state index >= 15 is 0 Å². The number of nitrogens with one attached hydrogen (secondary N) is 7. The monoisotopic (exact) mass is 1000 g/mol. The number of amidine groups is 1. The summed E-state index contributed by atoms with van der Waals surface area (Å²) < 4.78 is 97.3. The Bertz CT molecular complexity index is 2280. The summed E-state index contributed by atoms with van der Waals surface area (Å²) >= 11 is 2.08. The van der Waals surface area contributed by atoms with E-state index < -0.39 is 58.2 Å². The third kappa shape index (κ3) is 18.0. The van der Waals surface area contributed by atoms with E-state index in [1.807, 2.05) is 0 Å². The van der Waals surface area contributed by atoms with Gasteiger partial charge in [-0.15, -0.1) is 23.5 Å². The molecule has 3 aromatic rings. The Morgan fingerprint density at radius 3 is 1.37 bits per heavy atom. The summed E-state index contributed by atoms with van der Waals surface area (Å²) in [6.07, 6.45) is -7.55. The number of guanidine groups is 1. The van der Waals surface area contributed by atoms with E-state index in [1.54, 1.807) is 14.1 Å². The molecule has 0 aliphatic rings. The molecule has 17 nitrogen and oxygen atoms in total. The van der Waals surface area contributed by atoms with Crippen LogP contribution >= 0.6 is 23.5 Å². The summed E-state index contributed by atoms with van der Waals surface area (Å²) in [5.41, 5.74) is 11.7. The minimum absolute atomic E-state index is 0.00943. The quantitative estimate of drug-likeness (QED) is 0.0120. The van der Waals surface area contributed by atoms with Gasteiger partial charge in [-0.2, -0.15) is 26.3 Å². The number of alkyl halides is 6. The second-order valence-corrected chi connectivity index (χ2v) is 17.0. The fourth-order valence-corrected chi connectivity index (χ4v) is 8.30. The van der Waals surface area contributed by atoms with Crippen molar-refractivity contribution in [3.8, 4) is 11.5 Å². The average molecular weight is 1000 g/mol. The van der Waals surface area contributed by atoms with Crippen molar-refractivity contribution in [2.75, 3.05) is 80.7 Å². The molecular weight excluding hydrogens is 945 g/mol. The molecule has 0 fully saturated rings. The van der Waals surface area contributed by atoms with E-state index in [2.05, 4.69) is 36.9 Å². The largest absolute Gasteiger partial charge is 0.496 e. The highest BCUT2D eigenvalue weighted by atomic mass is 32.2. The molecular formula is C43H57F6N11O6S2. The number of hydrogen-bond donors (Lipinski definition) is 10. The minimum atomic E-state index is -4.94. The maximum absolute atomic E-state index is 14.4. The number of unbranched alkanes of at least 4 members (excludes halogenated alkanes) is 3. The summed E-state index contributed by atoms with van der Waals surface area (Å²) in [4.78, 5) is 58.5. The molecule has 3 rings (SSSR count). The van der Waals surface area contributed by atoms with Crippen LogP contribution in [0.4, 0.5) is 49.1 Å². The van der Waals surface area contributed by atoms with E-state index in [0.717, 1.165) is 47.8 Å². The first kappa shape index (κ1) is 56.4. The second kappa shape index (κ2) is 27.2. The number of aliphatic imine (C=N–C) groups is 1. The number of nitrogens with zero attached hydrogens (tertiary/aromatic N) is 1. The third-order valence-corrected chi connectivity index (χ3v) is 11.8. The summed E-state index contributed by atoms with van der Waals surface area (Å²) in [6, 6.07) is 5.05. The predicted molar refractivity (Wildman–Crippen MR) is 254 cm³/mol. The minimum Gasteiger partial charge on any atom is -0.496 e. The molecule has 0 aliphatic carbocycles. The van der Waals surface area contributed by atoms with Crippen molar-refractivity contribution in [1.82, 2.24) is 10.6 Å². The van der Waals surface area contributed by atoms with Crippen molar-refractivity contribution in [3.63, 3.8) is 0 Å². The molecule has 4 amide bonds. The lowest BCUT2D eigenvalue weighted by Crippen LogP contribution is -2.23. The standard InChI is InChI=1S/C43H57F6N11O6S2/c1-54-14-16-67-37-28(57-35(61)11-7-5-6-10-34(50)51)18-24(42(44,45)46)20-30(37)59-39(63)26-22-27(33(66-4)23-32(26)65-3)40(64)60-31-21-25(43(47,48)49)19-29(38(31)68-17-15-55-2)58-36(62)12-8-9-13-56-41(52)53/h18-23,54-55H,5-17H2,1-4H3,(H3,50,51)(H,57,61)(H,58,62)(H,59,63)(H,60,64)(H4,52,53,56). The van der Waals surface area contributed by atoms with Crippen LogP contribution in [0.15, 0.2) is 51.2 Å². The van der Waals surface area contributed by atoms with E-state index in [1.165, 1.54) is 14.2 Å². The van der Waals surface area contributed by atoms with Crippen LogP contribution in [0.1, 0.15) is 83.2 Å². The fraction of sp³-hybridized carbons (Fsp3) is 0.442. The lowest BCUT2D eigenvalue weighted by molar-refractivity contribution is -0.138. The summed E-state index contributed by atoms with van der Waals surface area (Å²) in [7, 11) is 5.67. The highest BCUT2D eigenvalue weighted by molar-refractivity contribution is 7.99. The number of halogens is 6. The molecule has 0 unspecified atom stereocenters. The molecule has 0 heterocycles. The van der Waals surface area contributed by atoms with Crippen molar-refractivity contribution in [1.29, 1.82) is 5.41 Å². The Morgan fingerprint density at radius 2 is 1.00 bits per heavy atom. The van der Waals surface area contributed by atoms with Gasteiger partial charge in [0.1, 0.15) is 11.5 Å². The number of rotatable bonds is 27. The Hall–Kier alpha value is -5.92. The zero-order valence-corrected chi connectivity index (χ0v) is 39.5. The molecule has 0 bridgehead atoms. The number of hydrogen-bond acceptors (Lipinski definition) is 12. The number of ether oxygens (including phenoxy) is 2. The highest BCUT2D eigenvalue weighted by Crippen LogP contribution is 2.44. The zero-order valence-electron chi connectivity index (χ0n) is 37.9. The summed E-state index contributed by atoms with van der Waals surface area (Å²) in [6.45, 7) is 0.985. The van der Waals surface area contributed by atoms with Crippen LogP contribution in [0.5, 0.6) is 11.5 Å². The molecule has 3 aromatic carbocycles. The fourth-order valence-electron chi connectivity index (χ4n) is 6.22. The molecule has 0 aromatic heterocycles. The maximum Gasteiger partial charge on any atom is 0.416 e. The number of carbonyl (C=O) groups excluding carboxylic acids is 4. The first-order valence-corrected chi connectivity index (χ1v) is 23.0. The van der Waals surface area contributed by atoms with Gasteiger partial charge < -0.3 is 58.6 Å². The molecule has 13 N–H and O–H groups in total. The summed E-state index contributed by atoms with van der Waals surface area (Å²) in [5, 5.41) is 23.3. The van der Waals surface area contributed by atoms with Gasteiger partial charge in [-0.05, 0) is 70.1 Å². The van der Waals surface area contributed by atoms with Crippen LogP contribution in [-0.4, -0.2) is 94.9 Å². The highest BCUT2D eigenvalue weighted by Gasteiger charge is 2.35. The van der Waals surface area contributed by atoms with Gasteiger partial charge >= 0.3 is 12.4 Å². The lowest BCUT2D eigenvalue weighted by atomic mass is 10.1. The van der Waals surface area contributed by atoms with Crippen LogP contribution < -0.4 is 58.6 Å². The average Bonchev–Trinajstić information content (AvgIpc) is 3.26. The molecule has 68 heavy (non-hydrogen) atoms. The van der Waals surface area contributed by atoms with Crippen LogP contribution in [0.2, 0.25) is 0 Å². The van der Waals surface area contributed by atoms with Crippen molar-refractivity contribution in [3.05, 3.63) is 58.7 Å². The van der Waals surface area contributed by atoms with E-state index in [-0.39, 0.29) is 86.7 Å². The maximum atomic E-state index is 14.4. The van der Waals surface area contributed by atoms with Crippen molar-refractivity contribution in [2.45, 2.75) is 73.5 Å². The van der Waals surface area contributed by atoms with Crippen molar-refractivity contribution < 1.29 is 55.0 Å². The Kier molecular flexibility index (Phi) is 22.5. The first-order valence-electron chi connectivity index (χ1n) is 21.0. The molecule has 0 spiro atoms. The van der Waals surface area contributed by atoms with Crippen molar-refractivity contribution >= 4 is 81.7 Å². The Balaban J connectivity index is 2.12. The van der Waals surface area contributed by atoms with Crippen molar-refractivity contribution in [2.24, 2.45) is 22.2 Å². The number of amides is 4. The van der Waals surface area contributed by atoms with E-state index in [0.29, 0.717) is 63.7 Å². The number of thioether (sulfide) groups is 2. The first-order chi connectivity index (χ1) is 32.1. The van der Waals surface area contributed by atoms with Crippen LogP contribution in [0, 0.1) is 5.41 Å². The van der Waals surface area contributed by atoms with Gasteiger partial charge in [0.15, 0.2) is 5.96 Å². The van der Waals surface area contributed by atoms with Gasteiger partial charge in [0.2, 0.25) is 11.8 Å². The van der Waals surface area contributed by atoms with Gasteiger partial charge in [-0.25, -0.2) is 0 Å². The molecule has 0 saturated carbocycles. The second-order valence-electron chi connectivity index (χ2n) is 14.8. The van der Waals surface area contributed by atoms with Gasteiger partial charge in [-0.1, -0.05) is 6.42 Å². The normalized spacial score (nSPS) is 11.4. The topological polar surface area (TPSA) is 273 Å². The zero-order chi connectivity index (χ0) is 50.6. The van der Waals surface area contributed by atoms with Gasteiger partial charge in [0.25, 0.3) is 11.8 Å². The smallest absolute Gasteiger partial charge is 0.416 e. The predicted octanol–water partition coefficient (Wildman–Crippen LogP) is 7.08. The van der Waals surface area contributed by atoms with Gasteiger partial charge in [0, 0.05) is 56.5 Å². The Morgan fingerprint density at radius 1 is 0.603 bits per heavy atom. The molecule has 374 valence electrons. The number of carbonyl (C=O) groups is 4. The Labute approximate surface area is 398 Å². The molecule has 0 saturated heterocycles. The molecule has 0 atom stereocenters. The lowest BCUT2D eigenvalue weighted by Gasteiger charge is -2.21. The third-order valence-electron chi connectivity index (χ3n) is 9.54.